The largest absolute Gasteiger partial charge is 0.370 e. The quantitative estimate of drug-likeness (QED) is 0.863. The van der Waals surface area contributed by atoms with Crippen LogP contribution in [0.3, 0.4) is 0 Å². The maximum Gasteiger partial charge on any atom is 0.253 e. The SMILES string of the molecule is O=CNc1cc(C(=O)N2CCCC2)ccc1N1CCCC1. The van der Waals surface area contributed by atoms with E-state index in [2.05, 4.69) is 10.2 Å². The van der Waals surface area contributed by atoms with Crippen molar-refractivity contribution in [3.63, 3.8) is 0 Å². The van der Waals surface area contributed by atoms with Gasteiger partial charge in [0.05, 0.1) is 11.4 Å². The predicted molar refractivity (Wildman–Crippen MR) is 82.7 cm³/mol. The predicted octanol–water partition coefficient (Wildman–Crippen LogP) is 2.09. The van der Waals surface area contributed by atoms with E-state index in [4.69, 9.17) is 0 Å². The average Bonchev–Trinajstić information content (AvgIpc) is 3.20. The molecule has 2 aliphatic rings. The van der Waals surface area contributed by atoms with Crippen molar-refractivity contribution < 1.29 is 9.59 Å². The van der Waals surface area contributed by atoms with Crippen molar-refractivity contribution in [2.24, 2.45) is 0 Å². The average molecular weight is 287 g/mol. The number of carbonyl (C=O) groups excluding carboxylic acids is 2. The zero-order valence-corrected chi connectivity index (χ0v) is 12.2. The number of benzene rings is 1. The van der Waals surface area contributed by atoms with E-state index in [1.54, 1.807) is 0 Å². The Bertz CT molecular complexity index is 532. The Morgan fingerprint density at radius 1 is 1.05 bits per heavy atom. The van der Waals surface area contributed by atoms with E-state index in [0.29, 0.717) is 12.0 Å². The molecule has 0 spiro atoms. The van der Waals surface area contributed by atoms with Gasteiger partial charge in [0.15, 0.2) is 0 Å². The molecule has 5 nitrogen and oxygen atoms in total. The number of nitrogens with zero attached hydrogens (tertiary/aromatic N) is 2. The number of hydrogen-bond acceptors (Lipinski definition) is 3. The number of anilines is 2. The van der Waals surface area contributed by atoms with Crippen molar-refractivity contribution in [1.29, 1.82) is 0 Å². The van der Waals surface area contributed by atoms with Gasteiger partial charge in [0.1, 0.15) is 0 Å². The lowest BCUT2D eigenvalue weighted by molar-refractivity contribution is -0.105. The van der Waals surface area contributed by atoms with Crippen LogP contribution in [0.4, 0.5) is 11.4 Å². The minimum absolute atomic E-state index is 0.0643. The summed E-state index contributed by atoms with van der Waals surface area (Å²) in [6.45, 7) is 3.69. The summed E-state index contributed by atoms with van der Waals surface area (Å²) >= 11 is 0. The van der Waals surface area contributed by atoms with Gasteiger partial charge in [-0.1, -0.05) is 0 Å². The molecule has 0 saturated carbocycles. The molecule has 5 heteroatoms. The fourth-order valence-electron chi connectivity index (χ4n) is 3.18. The molecule has 21 heavy (non-hydrogen) atoms. The molecule has 0 aromatic heterocycles. The summed E-state index contributed by atoms with van der Waals surface area (Å²) < 4.78 is 0. The molecule has 0 aliphatic carbocycles. The molecule has 1 aromatic carbocycles. The van der Waals surface area contributed by atoms with Crippen molar-refractivity contribution >= 4 is 23.7 Å². The van der Waals surface area contributed by atoms with Gasteiger partial charge in [0.2, 0.25) is 6.41 Å². The zero-order chi connectivity index (χ0) is 14.7. The Morgan fingerprint density at radius 3 is 2.38 bits per heavy atom. The van der Waals surface area contributed by atoms with E-state index in [9.17, 15) is 9.59 Å². The van der Waals surface area contributed by atoms with Crippen molar-refractivity contribution in [2.75, 3.05) is 36.4 Å². The van der Waals surface area contributed by atoms with Gasteiger partial charge >= 0.3 is 0 Å². The fraction of sp³-hybridized carbons (Fsp3) is 0.500. The molecular weight excluding hydrogens is 266 g/mol. The first-order valence-electron chi connectivity index (χ1n) is 7.68. The molecule has 2 aliphatic heterocycles. The summed E-state index contributed by atoms with van der Waals surface area (Å²) in [4.78, 5) is 27.4. The van der Waals surface area contributed by atoms with Crippen molar-refractivity contribution in [3.8, 4) is 0 Å². The van der Waals surface area contributed by atoms with E-state index in [-0.39, 0.29) is 5.91 Å². The highest BCUT2D eigenvalue weighted by Gasteiger charge is 2.22. The lowest BCUT2D eigenvalue weighted by Gasteiger charge is -2.22. The van der Waals surface area contributed by atoms with Crippen LogP contribution >= 0.6 is 0 Å². The van der Waals surface area contributed by atoms with Crippen LogP contribution in [0, 0.1) is 0 Å². The Labute approximate surface area is 124 Å². The van der Waals surface area contributed by atoms with Crippen LogP contribution in [0.2, 0.25) is 0 Å². The van der Waals surface area contributed by atoms with Crippen LogP contribution in [0.5, 0.6) is 0 Å². The zero-order valence-electron chi connectivity index (χ0n) is 12.2. The van der Waals surface area contributed by atoms with Crippen molar-refractivity contribution in [2.45, 2.75) is 25.7 Å². The first-order valence-corrected chi connectivity index (χ1v) is 7.68. The first kappa shape index (κ1) is 13.9. The Kier molecular flexibility index (Phi) is 4.08. The Hall–Kier alpha value is -2.04. The lowest BCUT2D eigenvalue weighted by Crippen LogP contribution is -2.28. The van der Waals surface area contributed by atoms with Crippen LogP contribution in [-0.4, -0.2) is 43.4 Å². The van der Waals surface area contributed by atoms with E-state index in [1.807, 2.05) is 23.1 Å². The van der Waals surface area contributed by atoms with Gasteiger partial charge in [-0.15, -0.1) is 0 Å². The van der Waals surface area contributed by atoms with Gasteiger partial charge < -0.3 is 15.1 Å². The molecule has 0 atom stereocenters. The number of rotatable bonds is 4. The van der Waals surface area contributed by atoms with Crippen LogP contribution in [0.25, 0.3) is 0 Å². The minimum Gasteiger partial charge on any atom is -0.370 e. The highest BCUT2D eigenvalue weighted by molar-refractivity contribution is 5.97. The Balaban J connectivity index is 1.86. The summed E-state index contributed by atoms with van der Waals surface area (Å²) in [5.41, 5.74) is 2.40. The maximum atomic E-state index is 12.4. The number of likely N-dealkylation sites (tertiary alicyclic amines) is 1. The summed E-state index contributed by atoms with van der Waals surface area (Å²) in [7, 11) is 0. The topological polar surface area (TPSA) is 52.7 Å². The lowest BCUT2D eigenvalue weighted by atomic mass is 10.1. The smallest absolute Gasteiger partial charge is 0.253 e. The monoisotopic (exact) mass is 287 g/mol. The van der Waals surface area contributed by atoms with Gasteiger partial charge in [0, 0.05) is 31.7 Å². The van der Waals surface area contributed by atoms with Crippen LogP contribution < -0.4 is 10.2 Å². The van der Waals surface area contributed by atoms with Crippen LogP contribution in [-0.2, 0) is 4.79 Å². The third kappa shape index (κ3) is 2.86. The molecule has 2 fully saturated rings. The second-order valence-corrected chi connectivity index (χ2v) is 5.69. The molecular formula is C16H21N3O2. The molecule has 3 rings (SSSR count). The van der Waals surface area contributed by atoms with Gasteiger partial charge in [-0.3, -0.25) is 9.59 Å². The van der Waals surface area contributed by atoms with Gasteiger partial charge in [-0.05, 0) is 43.9 Å². The summed E-state index contributed by atoms with van der Waals surface area (Å²) in [6, 6.07) is 5.65. The first-order chi connectivity index (χ1) is 10.3. The summed E-state index contributed by atoms with van der Waals surface area (Å²) in [5, 5.41) is 2.75. The molecule has 1 aromatic rings. The van der Waals surface area contributed by atoms with Gasteiger partial charge in [0.25, 0.3) is 5.91 Å². The summed E-state index contributed by atoms with van der Waals surface area (Å²) in [5.74, 6) is 0.0643. The third-order valence-corrected chi connectivity index (χ3v) is 4.30. The molecule has 2 heterocycles. The number of amides is 2. The molecule has 1 N–H and O–H groups in total. The molecule has 0 unspecified atom stereocenters. The molecule has 112 valence electrons. The minimum atomic E-state index is 0.0643. The number of nitrogens with one attached hydrogen (secondary N) is 1. The van der Waals surface area contributed by atoms with Crippen LogP contribution in [0.15, 0.2) is 18.2 Å². The van der Waals surface area contributed by atoms with Gasteiger partial charge in [-0.2, -0.15) is 0 Å². The highest BCUT2D eigenvalue weighted by atomic mass is 16.2. The maximum absolute atomic E-state index is 12.4. The number of hydrogen-bond donors (Lipinski definition) is 1. The Morgan fingerprint density at radius 2 is 1.71 bits per heavy atom. The van der Waals surface area contributed by atoms with Crippen LogP contribution in [0.1, 0.15) is 36.0 Å². The summed E-state index contributed by atoms with van der Waals surface area (Å²) in [6.07, 6.45) is 5.19. The third-order valence-electron chi connectivity index (χ3n) is 4.30. The second-order valence-electron chi connectivity index (χ2n) is 5.69. The van der Waals surface area contributed by atoms with Crippen molar-refractivity contribution in [1.82, 2.24) is 4.90 Å². The number of carbonyl (C=O) groups is 2. The fourth-order valence-corrected chi connectivity index (χ4v) is 3.18. The van der Waals surface area contributed by atoms with Gasteiger partial charge in [-0.25, -0.2) is 0 Å². The molecule has 2 amide bonds. The van der Waals surface area contributed by atoms with Crippen molar-refractivity contribution in [3.05, 3.63) is 23.8 Å². The molecule has 0 radical (unpaired) electrons. The second kappa shape index (κ2) is 6.16. The normalized spacial score (nSPS) is 18.1. The highest BCUT2D eigenvalue weighted by Crippen LogP contribution is 2.30. The standard InChI is InChI=1S/C16H21N3O2/c20-12-17-14-11-13(16(21)19-9-3-4-10-19)5-6-15(14)18-7-1-2-8-18/h5-6,11-12H,1-4,7-10H2,(H,17,20). The van der Waals surface area contributed by atoms with E-state index < -0.39 is 0 Å². The molecule has 0 bridgehead atoms. The van der Waals surface area contributed by atoms with E-state index in [1.165, 1.54) is 12.8 Å². The molecule has 2 saturated heterocycles. The van der Waals surface area contributed by atoms with E-state index >= 15 is 0 Å². The van der Waals surface area contributed by atoms with E-state index in [0.717, 1.165) is 50.4 Å².